The minimum absolute atomic E-state index is 0.244. The van der Waals surface area contributed by atoms with Gasteiger partial charge in [0.2, 0.25) is 0 Å². The molecular weight excluding hydrogens is 390 g/mol. The van der Waals surface area contributed by atoms with Crippen LogP contribution in [0.5, 0.6) is 0 Å². The van der Waals surface area contributed by atoms with Crippen molar-refractivity contribution in [3.05, 3.63) is 69.8 Å². The zero-order valence-electron chi connectivity index (χ0n) is 12.9. The number of nitrogens with one attached hydrogen (secondary N) is 2. The van der Waals surface area contributed by atoms with Gasteiger partial charge < -0.3 is 10.6 Å². The molecule has 26 heavy (non-hydrogen) atoms. The molecule has 4 nitrogen and oxygen atoms in total. The standard InChI is InChI=1S/C17H10Cl2F3N3O/c18-11-5-6-15(13(19)7-11)24-9-10(8-23)16(26)25-14-4-2-1-3-12(14)17(20,21)22/h1-7,9,24H,(H,25,26)/b10-9-. The van der Waals surface area contributed by atoms with Gasteiger partial charge in [0, 0.05) is 11.2 Å². The summed E-state index contributed by atoms with van der Waals surface area (Å²) in [4.78, 5) is 12.1. The predicted molar refractivity (Wildman–Crippen MR) is 93.9 cm³/mol. The number of amides is 1. The lowest BCUT2D eigenvalue weighted by molar-refractivity contribution is -0.137. The summed E-state index contributed by atoms with van der Waals surface area (Å²) >= 11 is 11.7. The predicted octanol–water partition coefficient (Wildman–Crippen LogP) is 5.47. The van der Waals surface area contributed by atoms with Crippen LogP contribution in [0.1, 0.15) is 5.56 Å². The summed E-state index contributed by atoms with van der Waals surface area (Å²) in [5.41, 5.74) is -1.53. The SMILES string of the molecule is N#C/C(=C/Nc1ccc(Cl)cc1Cl)C(=O)Nc1ccccc1C(F)(F)F. The first kappa shape index (κ1) is 19.6. The van der Waals surface area contributed by atoms with Gasteiger partial charge in [-0.2, -0.15) is 18.4 Å². The second kappa shape index (κ2) is 8.13. The molecule has 0 bridgehead atoms. The molecule has 0 aromatic heterocycles. The van der Waals surface area contributed by atoms with Gasteiger partial charge in [0.15, 0.2) is 0 Å². The van der Waals surface area contributed by atoms with E-state index in [1.807, 2.05) is 0 Å². The van der Waals surface area contributed by atoms with Crippen LogP contribution in [-0.2, 0) is 11.0 Å². The first-order valence-electron chi connectivity index (χ1n) is 7.02. The Morgan fingerprint density at radius 2 is 1.81 bits per heavy atom. The number of anilines is 2. The molecule has 0 aliphatic heterocycles. The zero-order valence-corrected chi connectivity index (χ0v) is 14.4. The number of nitrogens with zero attached hydrogens (tertiary/aromatic N) is 1. The van der Waals surface area contributed by atoms with Crippen LogP contribution in [0.15, 0.2) is 54.2 Å². The quantitative estimate of drug-likeness (QED) is 0.529. The molecule has 2 N–H and O–H groups in total. The van der Waals surface area contributed by atoms with E-state index in [2.05, 4.69) is 10.6 Å². The highest BCUT2D eigenvalue weighted by Gasteiger charge is 2.33. The minimum Gasteiger partial charge on any atom is -0.359 e. The molecule has 0 aliphatic rings. The summed E-state index contributed by atoms with van der Waals surface area (Å²) in [5, 5.41) is 14.5. The van der Waals surface area contributed by atoms with Gasteiger partial charge in [0.25, 0.3) is 5.91 Å². The van der Waals surface area contributed by atoms with E-state index in [9.17, 15) is 18.0 Å². The fourth-order valence-electron chi connectivity index (χ4n) is 1.93. The Hall–Kier alpha value is -2.69. The van der Waals surface area contributed by atoms with Crippen LogP contribution in [0.4, 0.5) is 24.5 Å². The van der Waals surface area contributed by atoms with Crippen molar-refractivity contribution in [3.63, 3.8) is 0 Å². The third-order valence-electron chi connectivity index (χ3n) is 3.15. The summed E-state index contributed by atoms with van der Waals surface area (Å²) in [6.07, 6.45) is -3.60. The topological polar surface area (TPSA) is 64.9 Å². The van der Waals surface area contributed by atoms with Crippen molar-refractivity contribution < 1.29 is 18.0 Å². The molecule has 0 saturated carbocycles. The third kappa shape index (κ3) is 4.91. The van der Waals surface area contributed by atoms with Crippen LogP contribution in [0.2, 0.25) is 10.0 Å². The number of benzene rings is 2. The van der Waals surface area contributed by atoms with Crippen LogP contribution in [-0.4, -0.2) is 5.91 Å². The fourth-order valence-corrected chi connectivity index (χ4v) is 2.40. The van der Waals surface area contributed by atoms with Gasteiger partial charge in [-0.1, -0.05) is 35.3 Å². The van der Waals surface area contributed by atoms with Gasteiger partial charge >= 0.3 is 6.18 Å². The summed E-state index contributed by atoms with van der Waals surface area (Å²) in [5.74, 6) is -0.998. The maximum absolute atomic E-state index is 13.0. The highest BCUT2D eigenvalue weighted by Crippen LogP contribution is 2.34. The molecule has 0 saturated heterocycles. The van der Waals surface area contributed by atoms with Gasteiger partial charge in [-0.15, -0.1) is 0 Å². The fraction of sp³-hybridized carbons (Fsp3) is 0.0588. The van der Waals surface area contributed by atoms with Crippen molar-refractivity contribution in [3.8, 4) is 6.07 Å². The third-order valence-corrected chi connectivity index (χ3v) is 3.70. The number of para-hydroxylation sites is 1. The molecule has 0 atom stereocenters. The van der Waals surface area contributed by atoms with Crippen LogP contribution in [0.3, 0.4) is 0 Å². The lowest BCUT2D eigenvalue weighted by Crippen LogP contribution is -2.18. The van der Waals surface area contributed by atoms with Gasteiger partial charge in [0.1, 0.15) is 11.6 Å². The van der Waals surface area contributed by atoms with E-state index in [1.165, 1.54) is 30.3 Å². The van der Waals surface area contributed by atoms with E-state index in [1.54, 1.807) is 6.07 Å². The number of carbonyl (C=O) groups is 1. The Morgan fingerprint density at radius 3 is 2.42 bits per heavy atom. The minimum atomic E-state index is -4.64. The van der Waals surface area contributed by atoms with Crippen molar-refractivity contribution in [2.24, 2.45) is 0 Å². The van der Waals surface area contributed by atoms with Gasteiger partial charge in [-0.05, 0) is 30.3 Å². The molecule has 0 heterocycles. The van der Waals surface area contributed by atoms with E-state index in [0.717, 1.165) is 18.3 Å². The summed E-state index contributed by atoms with van der Waals surface area (Å²) in [6.45, 7) is 0. The monoisotopic (exact) mass is 399 g/mol. The van der Waals surface area contributed by atoms with E-state index in [4.69, 9.17) is 28.5 Å². The molecule has 0 unspecified atom stereocenters. The molecule has 2 aromatic carbocycles. The number of alkyl halides is 3. The molecule has 0 radical (unpaired) electrons. The smallest absolute Gasteiger partial charge is 0.359 e. The molecule has 0 aliphatic carbocycles. The average molecular weight is 400 g/mol. The molecule has 0 fully saturated rings. The second-order valence-corrected chi connectivity index (χ2v) is 5.78. The normalized spacial score (nSPS) is 11.6. The Morgan fingerprint density at radius 1 is 1.12 bits per heavy atom. The van der Waals surface area contributed by atoms with Crippen molar-refractivity contribution in [2.75, 3.05) is 10.6 Å². The largest absolute Gasteiger partial charge is 0.418 e. The molecule has 9 heteroatoms. The molecule has 2 aromatic rings. The Labute approximate surface area is 156 Å². The Balaban J connectivity index is 2.21. The number of carbonyl (C=O) groups excluding carboxylic acids is 1. The Kier molecular flexibility index (Phi) is 6.14. The zero-order chi connectivity index (χ0) is 19.3. The van der Waals surface area contributed by atoms with E-state index in [-0.39, 0.29) is 5.02 Å². The van der Waals surface area contributed by atoms with Crippen LogP contribution in [0.25, 0.3) is 0 Å². The van der Waals surface area contributed by atoms with Gasteiger partial charge in [-0.3, -0.25) is 4.79 Å². The number of rotatable bonds is 4. The summed E-state index contributed by atoms with van der Waals surface area (Å²) < 4.78 is 38.9. The highest BCUT2D eigenvalue weighted by atomic mass is 35.5. The lowest BCUT2D eigenvalue weighted by Gasteiger charge is -2.13. The second-order valence-electron chi connectivity index (χ2n) is 4.94. The molecule has 2 rings (SSSR count). The van der Waals surface area contributed by atoms with Gasteiger partial charge in [-0.25, -0.2) is 0 Å². The number of hydrogen-bond acceptors (Lipinski definition) is 3. The highest BCUT2D eigenvalue weighted by molar-refractivity contribution is 6.36. The van der Waals surface area contributed by atoms with Crippen LogP contribution >= 0.6 is 23.2 Å². The molecular formula is C17H10Cl2F3N3O. The number of hydrogen-bond donors (Lipinski definition) is 2. The molecule has 1 amide bonds. The van der Waals surface area contributed by atoms with Crippen molar-refractivity contribution in [1.82, 2.24) is 0 Å². The molecule has 134 valence electrons. The molecule has 0 spiro atoms. The maximum Gasteiger partial charge on any atom is 0.418 e. The number of nitriles is 1. The summed E-state index contributed by atoms with van der Waals surface area (Å²) in [7, 11) is 0. The lowest BCUT2D eigenvalue weighted by atomic mass is 10.1. The van der Waals surface area contributed by atoms with E-state index < -0.39 is 28.9 Å². The summed E-state index contributed by atoms with van der Waals surface area (Å²) in [6, 6.07) is 10.6. The van der Waals surface area contributed by atoms with Crippen molar-refractivity contribution in [2.45, 2.75) is 6.18 Å². The van der Waals surface area contributed by atoms with Gasteiger partial charge in [0.05, 0.1) is 22.0 Å². The first-order chi connectivity index (χ1) is 12.2. The van der Waals surface area contributed by atoms with Crippen LogP contribution < -0.4 is 10.6 Å². The number of halogens is 5. The van der Waals surface area contributed by atoms with Crippen molar-refractivity contribution in [1.29, 1.82) is 5.26 Å². The first-order valence-corrected chi connectivity index (χ1v) is 7.77. The van der Waals surface area contributed by atoms with E-state index >= 15 is 0 Å². The van der Waals surface area contributed by atoms with Crippen molar-refractivity contribution >= 4 is 40.5 Å². The maximum atomic E-state index is 13.0. The van der Waals surface area contributed by atoms with E-state index in [0.29, 0.717) is 10.7 Å². The average Bonchev–Trinajstić information content (AvgIpc) is 2.56. The Bertz CT molecular complexity index is 905. The van der Waals surface area contributed by atoms with Crippen LogP contribution in [0, 0.1) is 11.3 Å².